The van der Waals surface area contributed by atoms with Crippen LogP contribution in [0.15, 0.2) is 53.0 Å². The van der Waals surface area contributed by atoms with Crippen molar-refractivity contribution >= 4 is 22.0 Å². The van der Waals surface area contributed by atoms with E-state index >= 15 is 0 Å². The first-order valence-corrected chi connectivity index (χ1v) is 8.34. The standard InChI is InChI=1S/C18H21BrN2O2/c1-3-17(14-6-8-15(19)9-7-14)21-18(22)20-12-13-4-10-16(23-2)11-5-13/h4-11,17H,3,12H2,1-2H3,(H2,20,21,22)/t17-/m1/s1. The van der Waals surface area contributed by atoms with Crippen molar-refractivity contribution in [3.63, 3.8) is 0 Å². The number of hydrogen-bond acceptors (Lipinski definition) is 2. The van der Waals surface area contributed by atoms with Crippen molar-refractivity contribution in [2.75, 3.05) is 7.11 Å². The number of hydrogen-bond donors (Lipinski definition) is 2. The molecule has 1 atom stereocenters. The van der Waals surface area contributed by atoms with E-state index in [0.29, 0.717) is 6.54 Å². The third-order valence-electron chi connectivity index (χ3n) is 3.60. The Morgan fingerprint density at radius 1 is 1.13 bits per heavy atom. The van der Waals surface area contributed by atoms with Crippen LogP contribution in [0, 0.1) is 0 Å². The molecule has 0 aliphatic heterocycles. The van der Waals surface area contributed by atoms with Gasteiger partial charge in [0.2, 0.25) is 0 Å². The van der Waals surface area contributed by atoms with E-state index in [-0.39, 0.29) is 12.1 Å². The second kappa shape index (κ2) is 8.58. The van der Waals surface area contributed by atoms with Crippen LogP contribution in [-0.4, -0.2) is 13.1 Å². The summed E-state index contributed by atoms with van der Waals surface area (Å²) in [6, 6.07) is 15.5. The summed E-state index contributed by atoms with van der Waals surface area (Å²) in [5.74, 6) is 0.805. The highest BCUT2D eigenvalue weighted by atomic mass is 79.9. The molecule has 2 amide bonds. The fraction of sp³-hybridized carbons (Fsp3) is 0.278. The molecule has 0 aliphatic carbocycles. The number of carbonyl (C=O) groups excluding carboxylic acids is 1. The van der Waals surface area contributed by atoms with Gasteiger partial charge in [-0.1, -0.05) is 47.1 Å². The lowest BCUT2D eigenvalue weighted by Gasteiger charge is -2.18. The molecule has 0 heterocycles. The number of ether oxygens (including phenoxy) is 1. The van der Waals surface area contributed by atoms with Crippen LogP contribution < -0.4 is 15.4 Å². The Balaban J connectivity index is 1.88. The molecule has 0 fully saturated rings. The first kappa shape index (κ1) is 17.3. The minimum Gasteiger partial charge on any atom is -0.497 e. The van der Waals surface area contributed by atoms with Crippen molar-refractivity contribution in [3.05, 3.63) is 64.1 Å². The maximum atomic E-state index is 12.1. The van der Waals surface area contributed by atoms with Crippen molar-refractivity contribution in [2.24, 2.45) is 0 Å². The van der Waals surface area contributed by atoms with E-state index in [1.807, 2.05) is 48.5 Å². The quantitative estimate of drug-likeness (QED) is 0.784. The predicted octanol–water partition coefficient (Wildman–Crippen LogP) is 4.41. The lowest BCUT2D eigenvalue weighted by molar-refractivity contribution is 0.236. The average molecular weight is 377 g/mol. The van der Waals surface area contributed by atoms with Crippen molar-refractivity contribution < 1.29 is 9.53 Å². The van der Waals surface area contributed by atoms with Crippen LogP contribution in [0.5, 0.6) is 5.75 Å². The van der Waals surface area contributed by atoms with Gasteiger partial charge < -0.3 is 15.4 Å². The van der Waals surface area contributed by atoms with Gasteiger partial charge in [-0.25, -0.2) is 4.79 Å². The Labute approximate surface area is 145 Å². The summed E-state index contributed by atoms with van der Waals surface area (Å²) in [7, 11) is 1.63. The molecule has 0 spiro atoms. The molecule has 0 aliphatic rings. The molecule has 0 saturated heterocycles. The lowest BCUT2D eigenvalue weighted by atomic mass is 10.1. The number of carbonyl (C=O) groups is 1. The number of rotatable bonds is 6. The van der Waals surface area contributed by atoms with Crippen molar-refractivity contribution in [2.45, 2.75) is 25.9 Å². The zero-order valence-electron chi connectivity index (χ0n) is 13.3. The second-order valence-electron chi connectivity index (χ2n) is 5.19. The molecule has 122 valence electrons. The number of amides is 2. The first-order valence-electron chi connectivity index (χ1n) is 7.55. The fourth-order valence-corrected chi connectivity index (χ4v) is 2.52. The van der Waals surface area contributed by atoms with Gasteiger partial charge in [-0.3, -0.25) is 0 Å². The molecule has 4 nitrogen and oxygen atoms in total. The van der Waals surface area contributed by atoms with Gasteiger partial charge in [0.05, 0.1) is 13.2 Å². The number of benzene rings is 2. The van der Waals surface area contributed by atoms with Gasteiger partial charge in [-0.05, 0) is 41.8 Å². The normalized spacial score (nSPS) is 11.6. The van der Waals surface area contributed by atoms with E-state index in [0.717, 1.165) is 27.8 Å². The third-order valence-corrected chi connectivity index (χ3v) is 4.13. The van der Waals surface area contributed by atoms with Gasteiger partial charge in [0.25, 0.3) is 0 Å². The molecular weight excluding hydrogens is 356 g/mol. The van der Waals surface area contributed by atoms with E-state index in [9.17, 15) is 4.79 Å². The van der Waals surface area contributed by atoms with Gasteiger partial charge in [0.1, 0.15) is 5.75 Å². The monoisotopic (exact) mass is 376 g/mol. The van der Waals surface area contributed by atoms with Crippen LogP contribution in [0.25, 0.3) is 0 Å². The Morgan fingerprint density at radius 3 is 2.35 bits per heavy atom. The highest BCUT2D eigenvalue weighted by Gasteiger charge is 2.12. The molecule has 0 radical (unpaired) electrons. The number of urea groups is 1. The maximum Gasteiger partial charge on any atom is 0.315 e. The number of halogens is 1. The number of nitrogens with one attached hydrogen (secondary N) is 2. The second-order valence-corrected chi connectivity index (χ2v) is 6.10. The fourth-order valence-electron chi connectivity index (χ4n) is 2.25. The summed E-state index contributed by atoms with van der Waals surface area (Å²) >= 11 is 3.42. The maximum absolute atomic E-state index is 12.1. The summed E-state index contributed by atoms with van der Waals surface area (Å²) in [5, 5.41) is 5.89. The molecule has 0 unspecified atom stereocenters. The molecular formula is C18H21BrN2O2. The van der Waals surface area contributed by atoms with Gasteiger partial charge in [-0.2, -0.15) is 0 Å². The van der Waals surface area contributed by atoms with Crippen molar-refractivity contribution in [1.82, 2.24) is 10.6 Å². The van der Waals surface area contributed by atoms with E-state index in [2.05, 4.69) is 33.5 Å². The Hall–Kier alpha value is -2.01. The van der Waals surface area contributed by atoms with E-state index in [4.69, 9.17) is 4.74 Å². The van der Waals surface area contributed by atoms with Crippen LogP contribution in [0.2, 0.25) is 0 Å². The first-order chi connectivity index (χ1) is 11.1. The van der Waals surface area contributed by atoms with Gasteiger partial charge >= 0.3 is 6.03 Å². The molecule has 2 aromatic carbocycles. The topological polar surface area (TPSA) is 50.4 Å². The van der Waals surface area contributed by atoms with Gasteiger partial charge in [-0.15, -0.1) is 0 Å². The van der Waals surface area contributed by atoms with Crippen molar-refractivity contribution in [3.8, 4) is 5.75 Å². The predicted molar refractivity (Wildman–Crippen MR) is 95.5 cm³/mol. The zero-order valence-corrected chi connectivity index (χ0v) is 14.9. The minimum atomic E-state index is -0.171. The van der Waals surface area contributed by atoms with Crippen LogP contribution >= 0.6 is 15.9 Å². The smallest absolute Gasteiger partial charge is 0.315 e. The van der Waals surface area contributed by atoms with Crippen LogP contribution in [0.1, 0.15) is 30.5 Å². The molecule has 2 rings (SSSR count). The van der Waals surface area contributed by atoms with E-state index in [1.54, 1.807) is 7.11 Å². The third kappa shape index (κ3) is 5.28. The van der Waals surface area contributed by atoms with Crippen LogP contribution in [0.3, 0.4) is 0 Å². The molecule has 5 heteroatoms. The lowest BCUT2D eigenvalue weighted by Crippen LogP contribution is -2.37. The summed E-state index contributed by atoms with van der Waals surface area (Å²) in [4.78, 5) is 12.1. The van der Waals surface area contributed by atoms with Gasteiger partial charge in [0.15, 0.2) is 0 Å². The Morgan fingerprint density at radius 2 is 1.78 bits per heavy atom. The Bertz CT molecular complexity index is 626. The molecule has 2 N–H and O–H groups in total. The highest BCUT2D eigenvalue weighted by Crippen LogP contribution is 2.19. The minimum absolute atomic E-state index is 0.000956. The average Bonchev–Trinajstić information content (AvgIpc) is 2.59. The highest BCUT2D eigenvalue weighted by molar-refractivity contribution is 9.10. The van der Waals surface area contributed by atoms with E-state index in [1.165, 1.54) is 0 Å². The summed E-state index contributed by atoms with van der Waals surface area (Å²) in [6.45, 7) is 2.53. The largest absolute Gasteiger partial charge is 0.497 e. The molecule has 0 bridgehead atoms. The number of methoxy groups -OCH3 is 1. The molecule has 0 aromatic heterocycles. The van der Waals surface area contributed by atoms with Gasteiger partial charge in [0, 0.05) is 11.0 Å². The molecule has 0 saturated carbocycles. The van der Waals surface area contributed by atoms with Crippen LogP contribution in [0.4, 0.5) is 4.79 Å². The summed E-state index contributed by atoms with van der Waals surface area (Å²) in [6.07, 6.45) is 0.831. The molecule has 2 aromatic rings. The Kier molecular flexibility index (Phi) is 6.47. The molecule has 23 heavy (non-hydrogen) atoms. The summed E-state index contributed by atoms with van der Waals surface area (Å²) in [5.41, 5.74) is 2.12. The van der Waals surface area contributed by atoms with Crippen molar-refractivity contribution in [1.29, 1.82) is 0 Å². The van der Waals surface area contributed by atoms with Crippen LogP contribution in [-0.2, 0) is 6.54 Å². The zero-order chi connectivity index (χ0) is 16.7. The van der Waals surface area contributed by atoms with E-state index < -0.39 is 0 Å². The summed E-state index contributed by atoms with van der Waals surface area (Å²) < 4.78 is 6.14. The SMILES string of the molecule is CC[C@@H](NC(=O)NCc1ccc(OC)cc1)c1ccc(Br)cc1.